The van der Waals surface area contributed by atoms with Crippen LogP contribution in [0.1, 0.15) is 5.76 Å². The first-order valence-electron chi connectivity index (χ1n) is 6.54. The number of fused-ring (bicyclic) bond motifs is 2. The fourth-order valence-electron chi connectivity index (χ4n) is 2.50. The molecule has 2 N–H and O–H groups in total. The Morgan fingerprint density at radius 1 is 1.09 bits per heavy atom. The van der Waals surface area contributed by atoms with Gasteiger partial charge in [-0.2, -0.15) is 0 Å². The number of aliphatic hydroxyl groups is 1. The third kappa shape index (κ3) is 2.05. The zero-order valence-electron chi connectivity index (χ0n) is 12.0. The van der Waals surface area contributed by atoms with Crippen molar-refractivity contribution in [2.24, 2.45) is 0 Å². The van der Waals surface area contributed by atoms with Crippen LogP contribution in [0.25, 0.3) is 21.7 Å². The normalized spacial score (nSPS) is 11.0. The van der Waals surface area contributed by atoms with Crippen molar-refractivity contribution >= 4 is 21.7 Å². The van der Waals surface area contributed by atoms with Crippen LogP contribution in [0.15, 0.2) is 33.5 Å². The van der Waals surface area contributed by atoms with Gasteiger partial charge in [0.05, 0.1) is 19.6 Å². The molecule has 0 aliphatic heterocycles. The number of phenolic OH excluding ortho intramolecular Hbond substituents is 1. The Morgan fingerprint density at radius 2 is 1.86 bits per heavy atom. The second kappa shape index (κ2) is 5.23. The molecule has 3 rings (SSSR count). The van der Waals surface area contributed by atoms with Crippen LogP contribution in [-0.4, -0.2) is 24.4 Å². The van der Waals surface area contributed by atoms with Crippen LogP contribution < -0.4 is 14.9 Å². The molecule has 6 heteroatoms. The molecule has 0 atom stereocenters. The second-order valence-electron chi connectivity index (χ2n) is 4.76. The third-order valence-electron chi connectivity index (χ3n) is 3.50. The van der Waals surface area contributed by atoms with Gasteiger partial charge in [0, 0.05) is 12.1 Å². The molecule has 6 nitrogen and oxygen atoms in total. The average molecular weight is 302 g/mol. The Kier molecular flexibility index (Phi) is 3.38. The van der Waals surface area contributed by atoms with Crippen molar-refractivity contribution in [1.29, 1.82) is 0 Å². The van der Waals surface area contributed by atoms with Gasteiger partial charge in [-0.05, 0) is 17.5 Å². The van der Waals surface area contributed by atoms with Gasteiger partial charge in [-0.3, -0.25) is 4.79 Å². The molecule has 22 heavy (non-hydrogen) atoms. The predicted molar refractivity (Wildman–Crippen MR) is 80.7 cm³/mol. The number of aromatic hydroxyl groups is 1. The first kappa shape index (κ1) is 14.2. The molecular formula is C16H14O6. The Morgan fingerprint density at radius 3 is 2.50 bits per heavy atom. The van der Waals surface area contributed by atoms with Gasteiger partial charge < -0.3 is 24.1 Å². The lowest BCUT2D eigenvalue weighted by Gasteiger charge is -2.12. The summed E-state index contributed by atoms with van der Waals surface area (Å²) in [6.07, 6.45) is 0. The first-order valence-corrected chi connectivity index (χ1v) is 6.54. The van der Waals surface area contributed by atoms with E-state index in [4.69, 9.17) is 19.0 Å². The molecule has 0 amide bonds. The van der Waals surface area contributed by atoms with Crippen LogP contribution in [0.3, 0.4) is 0 Å². The van der Waals surface area contributed by atoms with E-state index in [0.29, 0.717) is 22.3 Å². The van der Waals surface area contributed by atoms with E-state index in [0.717, 1.165) is 6.07 Å². The van der Waals surface area contributed by atoms with Gasteiger partial charge in [0.1, 0.15) is 40.6 Å². The average Bonchev–Trinajstić information content (AvgIpc) is 2.52. The van der Waals surface area contributed by atoms with Crippen molar-refractivity contribution in [2.45, 2.75) is 6.61 Å². The molecule has 2 aromatic carbocycles. The molecular weight excluding hydrogens is 288 g/mol. The molecule has 0 aliphatic carbocycles. The highest BCUT2D eigenvalue weighted by Crippen LogP contribution is 2.40. The topological polar surface area (TPSA) is 89.1 Å². The molecule has 0 unspecified atom stereocenters. The Balaban J connectivity index is 2.51. The van der Waals surface area contributed by atoms with E-state index in [1.807, 2.05) is 0 Å². The highest BCUT2D eigenvalue weighted by Gasteiger charge is 2.17. The molecule has 1 heterocycles. The Bertz CT molecular complexity index is 925. The summed E-state index contributed by atoms with van der Waals surface area (Å²) < 4.78 is 15.9. The van der Waals surface area contributed by atoms with Crippen LogP contribution in [0, 0.1) is 0 Å². The van der Waals surface area contributed by atoms with Crippen LogP contribution in [0.2, 0.25) is 0 Å². The van der Waals surface area contributed by atoms with Crippen molar-refractivity contribution in [3.8, 4) is 17.2 Å². The van der Waals surface area contributed by atoms with Gasteiger partial charge in [-0.1, -0.05) is 0 Å². The molecule has 0 fully saturated rings. The number of benzene rings is 2. The van der Waals surface area contributed by atoms with Crippen molar-refractivity contribution in [1.82, 2.24) is 0 Å². The van der Waals surface area contributed by atoms with Crippen LogP contribution in [-0.2, 0) is 6.61 Å². The summed E-state index contributed by atoms with van der Waals surface area (Å²) in [5.74, 6) is 0.847. The molecule has 0 spiro atoms. The summed E-state index contributed by atoms with van der Waals surface area (Å²) >= 11 is 0. The van der Waals surface area contributed by atoms with Crippen LogP contribution in [0.5, 0.6) is 17.2 Å². The molecule has 0 saturated heterocycles. The zero-order chi connectivity index (χ0) is 15.9. The van der Waals surface area contributed by atoms with Gasteiger partial charge in [0.25, 0.3) is 0 Å². The summed E-state index contributed by atoms with van der Waals surface area (Å²) in [6, 6.07) is 6.08. The van der Waals surface area contributed by atoms with E-state index in [1.165, 1.54) is 14.2 Å². The van der Waals surface area contributed by atoms with E-state index in [2.05, 4.69) is 0 Å². The van der Waals surface area contributed by atoms with Crippen molar-refractivity contribution in [3.63, 3.8) is 0 Å². The minimum Gasteiger partial charge on any atom is -0.506 e. The van der Waals surface area contributed by atoms with E-state index in [1.54, 1.807) is 18.2 Å². The second-order valence-corrected chi connectivity index (χ2v) is 4.76. The van der Waals surface area contributed by atoms with E-state index in [-0.39, 0.29) is 22.5 Å². The maximum Gasteiger partial charge on any atom is 0.196 e. The number of aliphatic hydroxyl groups excluding tert-OH is 1. The number of phenols is 1. The summed E-state index contributed by atoms with van der Waals surface area (Å²) in [6.45, 7) is -0.397. The largest absolute Gasteiger partial charge is 0.506 e. The highest BCUT2D eigenvalue weighted by atomic mass is 16.5. The van der Waals surface area contributed by atoms with Gasteiger partial charge in [0.15, 0.2) is 5.43 Å². The van der Waals surface area contributed by atoms with E-state index < -0.39 is 12.0 Å². The summed E-state index contributed by atoms with van der Waals surface area (Å²) in [4.78, 5) is 12.1. The van der Waals surface area contributed by atoms with Crippen molar-refractivity contribution in [2.75, 3.05) is 14.2 Å². The maximum atomic E-state index is 12.1. The summed E-state index contributed by atoms with van der Waals surface area (Å²) in [7, 11) is 2.99. The van der Waals surface area contributed by atoms with Crippen molar-refractivity contribution in [3.05, 3.63) is 40.2 Å². The van der Waals surface area contributed by atoms with Gasteiger partial charge in [-0.15, -0.1) is 0 Å². The minimum absolute atomic E-state index is 0.0492. The Hall–Kier alpha value is -2.73. The summed E-state index contributed by atoms with van der Waals surface area (Å²) in [5, 5.41) is 20.7. The molecule has 3 aromatic rings. The molecule has 0 saturated carbocycles. The lowest BCUT2D eigenvalue weighted by Crippen LogP contribution is -2.03. The number of ether oxygens (including phenoxy) is 2. The predicted octanol–water partition coefficient (Wildman–Crippen LogP) is 2.16. The van der Waals surface area contributed by atoms with Crippen LogP contribution >= 0.6 is 0 Å². The molecule has 114 valence electrons. The number of hydrogen-bond donors (Lipinski definition) is 2. The lowest BCUT2D eigenvalue weighted by molar-refractivity contribution is 0.248. The summed E-state index contributed by atoms with van der Waals surface area (Å²) in [5.41, 5.74) is -0.237. The fourth-order valence-corrected chi connectivity index (χ4v) is 2.50. The Labute approximate surface area is 125 Å². The lowest BCUT2D eigenvalue weighted by atomic mass is 10.0. The van der Waals surface area contributed by atoms with Crippen LogP contribution in [0.4, 0.5) is 0 Å². The van der Waals surface area contributed by atoms with E-state index >= 15 is 0 Å². The number of methoxy groups -OCH3 is 2. The van der Waals surface area contributed by atoms with Gasteiger partial charge in [-0.25, -0.2) is 0 Å². The molecule has 0 radical (unpaired) electrons. The highest BCUT2D eigenvalue weighted by molar-refractivity contribution is 6.06. The third-order valence-corrected chi connectivity index (χ3v) is 3.50. The molecule has 1 aromatic heterocycles. The maximum absolute atomic E-state index is 12.1. The minimum atomic E-state index is -0.428. The van der Waals surface area contributed by atoms with E-state index in [9.17, 15) is 9.90 Å². The number of rotatable bonds is 3. The monoisotopic (exact) mass is 302 g/mol. The van der Waals surface area contributed by atoms with Gasteiger partial charge >= 0.3 is 0 Å². The standard InChI is InChI=1S/C16H14O6/c1-20-9-3-8-4-13-15(11(18)5-10(7-17)22-13)16(19)14(8)12(6-9)21-2/h3-6,17,19H,7H2,1-2H3. The van der Waals surface area contributed by atoms with Crippen molar-refractivity contribution < 1.29 is 24.1 Å². The zero-order valence-corrected chi connectivity index (χ0v) is 12.0. The fraction of sp³-hybridized carbons (Fsp3) is 0.188. The first-order chi connectivity index (χ1) is 10.6. The smallest absolute Gasteiger partial charge is 0.196 e. The number of hydrogen-bond acceptors (Lipinski definition) is 6. The molecule has 0 aliphatic rings. The molecule has 0 bridgehead atoms. The SMILES string of the molecule is COc1cc(OC)c2c(O)c3c(=O)cc(CO)oc3cc2c1. The quantitative estimate of drug-likeness (QED) is 0.721. The van der Waals surface area contributed by atoms with Gasteiger partial charge in [0.2, 0.25) is 0 Å².